The number of aliphatic carboxylic acids is 1. The van der Waals surface area contributed by atoms with Crippen molar-refractivity contribution in [2.45, 2.75) is 31.2 Å². The quantitative estimate of drug-likeness (QED) is 0.870. The van der Waals surface area contributed by atoms with E-state index < -0.39 is 17.4 Å². The molecule has 1 aliphatic carbocycles. The molecular weight excluding hydrogens is 344 g/mol. The molecule has 2 N–H and O–H groups in total. The van der Waals surface area contributed by atoms with Gasteiger partial charge in [-0.25, -0.2) is 9.78 Å². The Morgan fingerprint density at radius 1 is 1.20 bits per heavy atom. The van der Waals surface area contributed by atoms with Gasteiger partial charge in [0.2, 0.25) is 6.79 Å². The van der Waals surface area contributed by atoms with Gasteiger partial charge in [-0.1, -0.05) is 12.8 Å². The summed E-state index contributed by atoms with van der Waals surface area (Å²) in [6.45, 7) is 0.196. The molecule has 2 heterocycles. The number of carbonyl (C=O) groups excluding carboxylic acids is 1. The van der Waals surface area contributed by atoms with E-state index in [-0.39, 0.29) is 6.79 Å². The summed E-state index contributed by atoms with van der Waals surface area (Å²) >= 11 is 1.22. The third-order valence-corrected chi connectivity index (χ3v) is 5.61. The third-order valence-electron chi connectivity index (χ3n) is 4.57. The van der Waals surface area contributed by atoms with E-state index in [1.807, 2.05) is 12.1 Å². The van der Waals surface area contributed by atoms with Crippen LogP contribution in [0, 0.1) is 0 Å². The Morgan fingerprint density at radius 3 is 2.72 bits per heavy atom. The minimum Gasteiger partial charge on any atom is -0.480 e. The van der Waals surface area contributed by atoms with Crippen molar-refractivity contribution in [1.82, 2.24) is 10.3 Å². The van der Waals surface area contributed by atoms with Gasteiger partial charge in [-0.15, -0.1) is 11.3 Å². The topological polar surface area (TPSA) is 97.8 Å². The van der Waals surface area contributed by atoms with E-state index in [9.17, 15) is 14.7 Å². The number of ether oxygens (including phenoxy) is 2. The second-order valence-corrected chi connectivity index (χ2v) is 7.18. The third kappa shape index (κ3) is 2.82. The van der Waals surface area contributed by atoms with Crippen molar-refractivity contribution in [3.8, 4) is 22.1 Å². The van der Waals surface area contributed by atoms with Crippen LogP contribution in [0.1, 0.15) is 35.4 Å². The molecular formula is C17H16N2O5S. The lowest BCUT2D eigenvalue weighted by Crippen LogP contribution is -2.52. The van der Waals surface area contributed by atoms with E-state index in [4.69, 9.17) is 9.47 Å². The molecule has 7 nitrogen and oxygen atoms in total. The van der Waals surface area contributed by atoms with Crippen LogP contribution in [0.2, 0.25) is 0 Å². The molecule has 0 atom stereocenters. The lowest BCUT2D eigenvalue weighted by Gasteiger charge is -2.24. The van der Waals surface area contributed by atoms with Gasteiger partial charge in [-0.2, -0.15) is 0 Å². The zero-order valence-electron chi connectivity index (χ0n) is 13.3. The largest absolute Gasteiger partial charge is 0.480 e. The number of amides is 1. The Kier molecular flexibility index (Phi) is 3.84. The van der Waals surface area contributed by atoms with E-state index >= 15 is 0 Å². The van der Waals surface area contributed by atoms with Gasteiger partial charge in [0, 0.05) is 5.56 Å². The molecule has 0 saturated heterocycles. The standard InChI is InChI=1S/C17H16N2O5S/c20-14(19-17(16(21)22)5-1-2-6-17)13-8-18-15(25-13)10-3-4-11-12(7-10)24-9-23-11/h3-4,7-8H,1-2,5-6,9H2,(H,19,20)(H,21,22). The molecule has 0 unspecified atom stereocenters. The second kappa shape index (κ2) is 6.03. The molecule has 2 aliphatic rings. The molecule has 1 aromatic carbocycles. The van der Waals surface area contributed by atoms with Crippen LogP contribution >= 0.6 is 11.3 Å². The number of carbonyl (C=O) groups is 2. The molecule has 0 spiro atoms. The SMILES string of the molecule is O=C(NC1(C(=O)O)CCCC1)c1cnc(-c2ccc3c(c2)OCO3)s1. The fourth-order valence-electron chi connectivity index (χ4n) is 3.19. The first-order valence-corrected chi connectivity index (χ1v) is 8.81. The van der Waals surface area contributed by atoms with Gasteiger partial charge in [0.25, 0.3) is 5.91 Å². The first-order valence-electron chi connectivity index (χ1n) is 7.99. The number of carboxylic acid groups (broad SMARTS) is 1. The molecule has 0 bridgehead atoms. The zero-order chi connectivity index (χ0) is 17.4. The van der Waals surface area contributed by atoms with Gasteiger partial charge in [0.1, 0.15) is 15.4 Å². The highest BCUT2D eigenvalue weighted by Gasteiger charge is 2.43. The minimum absolute atomic E-state index is 0.196. The number of nitrogens with one attached hydrogen (secondary N) is 1. The van der Waals surface area contributed by atoms with Crippen molar-refractivity contribution >= 4 is 23.2 Å². The molecule has 2 aromatic rings. The highest BCUT2D eigenvalue weighted by Crippen LogP contribution is 2.37. The molecule has 4 rings (SSSR count). The molecule has 1 fully saturated rings. The van der Waals surface area contributed by atoms with Crippen LogP contribution in [0.25, 0.3) is 10.6 Å². The van der Waals surface area contributed by atoms with Crippen molar-refractivity contribution in [3.63, 3.8) is 0 Å². The average Bonchev–Trinajstić information content (AvgIpc) is 3.34. The predicted molar refractivity (Wildman–Crippen MR) is 90.0 cm³/mol. The number of nitrogens with zero attached hydrogens (tertiary/aromatic N) is 1. The Balaban J connectivity index is 1.55. The second-order valence-electron chi connectivity index (χ2n) is 6.15. The van der Waals surface area contributed by atoms with Crippen LogP contribution in [0.5, 0.6) is 11.5 Å². The van der Waals surface area contributed by atoms with Gasteiger partial charge in [-0.3, -0.25) is 4.79 Å². The maximum absolute atomic E-state index is 12.5. The molecule has 8 heteroatoms. The summed E-state index contributed by atoms with van der Waals surface area (Å²) in [6.07, 6.45) is 4.00. The Hall–Kier alpha value is -2.61. The molecule has 1 amide bonds. The zero-order valence-corrected chi connectivity index (χ0v) is 14.1. The molecule has 130 valence electrons. The summed E-state index contributed by atoms with van der Waals surface area (Å²) in [7, 11) is 0. The average molecular weight is 360 g/mol. The molecule has 25 heavy (non-hydrogen) atoms. The smallest absolute Gasteiger partial charge is 0.329 e. The maximum atomic E-state index is 12.5. The fraction of sp³-hybridized carbons (Fsp3) is 0.353. The van der Waals surface area contributed by atoms with Crippen molar-refractivity contribution in [2.75, 3.05) is 6.79 Å². The van der Waals surface area contributed by atoms with Crippen LogP contribution in [0.3, 0.4) is 0 Å². The fourth-order valence-corrected chi connectivity index (χ4v) is 4.00. The van der Waals surface area contributed by atoms with E-state index in [0.29, 0.717) is 34.2 Å². The van der Waals surface area contributed by atoms with Crippen LogP contribution in [0.15, 0.2) is 24.4 Å². The normalized spacial score (nSPS) is 17.4. The summed E-state index contributed by atoms with van der Waals surface area (Å²) in [6, 6.07) is 5.47. The molecule has 1 aromatic heterocycles. The van der Waals surface area contributed by atoms with Crippen LogP contribution in [0.4, 0.5) is 0 Å². The summed E-state index contributed by atoms with van der Waals surface area (Å²) < 4.78 is 10.6. The highest BCUT2D eigenvalue weighted by atomic mass is 32.1. The maximum Gasteiger partial charge on any atom is 0.329 e. The highest BCUT2D eigenvalue weighted by molar-refractivity contribution is 7.16. The summed E-state index contributed by atoms with van der Waals surface area (Å²) in [5.74, 6) is -0.0370. The Labute approximate surface area is 147 Å². The number of aromatic nitrogens is 1. The first kappa shape index (κ1) is 15.9. The van der Waals surface area contributed by atoms with Gasteiger partial charge in [0.05, 0.1) is 6.20 Å². The van der Waals surface area contributed by atoms with Crippen LogP contribution in [-0.2, 0) is 4.79 Å². The lowest BCUT2D eigenvalue weighted by atomic mass is 9.98. The van der Waals surface area contributed by atoms with Gasteiger partial charge >= 0.3 is 5.97 Å². The van der Waals surface area contributed by atoms with E-state index in [0.717, 1.165) is 18.4 Å². The van der Waals surface area contributed by atoms with Gasteiger partial charge in [-0.05, 0) is 31.0 Å². The first-order chi connectivity index (χ1) is 12.1. The van der Waals surface area contributed by atoms with E-state index in [1.165, 1.54) is 17.5 Å². The summed E-state index contributed by atoms with van der Waals surface area (Å²) in [4.78, 5) is 28.7. The number of carboxylic acids is 1. The number of hydrogen-bond acceptors (Lipinski definition) is 6. The monoisotopic (exact) mass is 360 g/mol. The lowest BCUT2D eigenvalue weighted by molar-refractivity contribution is -0.144. The number of benzene rings is 1. The van der Waals surface area contributed by atoms with Crippen molar-refractivity contribution < 1.29 is 24.2 Å². The van der Waals surface area contributed by atoms with Gasteiger partial charge < -0.3 is 19.9 Å². The van der Waals surface area contributed by atoms with Gasteiger partial charge in [0.15, 0.2) is 11.5 Å². The molecule has 1 saturated carbocycles. The number of fused-ring (bicyclic) bond motifs is 1. The predicted octanol–water partition coefficient (Wildman–Crippen LogP) is 2.67. The summed E-state index contributed by atoms with van der Waals surface area (Å²) in [5, 5.41) is 12.8. The van der Waals surface area contributed by atoms with Crippen molar-refractivity contribution in [3.05, 3.63) is 29.3 Å². The van der Waals surface area contributed by atoms with Crippen molar-refractivity contribution in [2.24, 2.45) is 0 Å². The molecule has 0 radical (unpaired) electrons. The minimum atomic E-state index is -1.15. The van der Waals surface area contributed by atoms with E-state index in [1.54, 1.807) is 6.07 Å². The van der Waals surface area contributed by atoms with Crippen molar-refractivity contribution in [1.29, 1.82) is 0 Å². The molecule has 1 aliphatic heterocycles. The Bertz CT molecular complexity index is 841. The number of hydrogen-bond donors (Lipinski definition) is 2. The van der Waals surface area contributed by atoms with E-state index in [2.05, 4.69) is 10.3 Å². The number of rotatable bonds is 4. The Morgan fingerprint density at radius 2 is 1.96 bits per heavy atom. The number of thiazole rings is 1. The van der Waals surface area contributed by atoms with Crippen LogP contribution < -0.4 is 14.8 Å². The summed E-state index contributed by atoms with van der Waals surface area (Å²) in [5.41, 5.74) is -0.331. The van der Waals surface area contributed by atoms with Crippen LogP contribution in [-0.4, -0.2) is 34.3 Å².